The minimum absolute atomic E-state index is 0.00432. The molecule has 1 unspecified atom stereocenters. The number of aryl methyl sites for hydroxylation is 1. The van der Waals surface area contributed by atoms with E-state index in [4.69, 9.17) is 0 Å². The zero-order valence-corrected chi connectivity index (χ0v) is 16.2. The highest BCUT2D eigenvalue weighted by Gasteiger charge is 2.34. The zero-order chi connectivity index (χ0) is 18.0. The van der Waals surface area contributed by atoms with Crippen molar-refractivity contribution in [3.05, 3.63) is 35.4 Å². The monoisotopic (exact) mass is 375 g/mol. The minimum atomic E-state index is -0.250. The highest BCUT2D eigenvalue weighted by atomic mass is 32.2. The summed E-state index contributed by atoms with van der Waals surface area (Å²) in [5, 5.41) is 8.69. The Balaban J connectivity index is 1.67. The fraction of sp³-hybridized carbons (Fsp3) is 0.444. The van der Waals surface area contributed by atoms with E-state index < -0.39 is 0 Å². The highest BCUT2D eigenvalue weighted by Crippen LogP contribution is 2.37. The molecule has 0 N–H and O–H groups in total. The number of hydrogen-bond donors (Lipinski definition) is 0. The number of anilines is 1. The highest BCUT2D eigenvalue weighted by molar-refractivity contribution is 8.02. The maximum absolute atomic E-state index is 12.6. The molecule has 7 heteroatoms. The van der Waals surface area contributed by atoms with Crippen molar-refractivity contribution in [2.45, 2.75) is 55.7 Å². The van der Waals surface area contributed by atoms with Gasteiger partial charge in [0.1, 0.15) is 0 Å². The topological polar surface area (TPSA) is 63.2 Å². The molecule has 5 nitrogen and oxygen atoms in total. The number of benzene rings is 1. The van der Waals surface area contributed by atoms with Gasteiger partial charge < -0.3 is 0 Å². The van der Waals surface area contributed by atoms with Gasteiger partial charge in [0.2, 0.25) is 11.0 Å². The second kappa shape index (κ2) is 7.66. The second-order valence-electron chi connectivity index (χ2n) is 6.15. The van der Waals surface area contributed by atoms with Gasteiger partial charge in [-0.25, -0.2) is 0 Å². The third-order valence-electron chi connectivity index (χ3n) is 4.15. The number of ketones is 1. The van der Waals surface area contributed by atoms with Crippen LogP contribution in [0.25, 0.3) is 0 Å². The lowest BCUT2D eigenvalue weighted by atomic mass is 10.1. The van der Waals surface area contributed by atoms with E-state index >= 15 is 0 Å². The molecule has 1 saturated carbocycles. The molecule has 1 aromatic carbocycles. The van der Waals surface area contributed by atoms with Gasteiger partial charge in [-0.1, -0.05) is 54.3 Å². The Morgan fingerprint density at radius 2 is 1.96 bits per heavy atom. The molecule has 1 aliphatic carbocycles. The van der Waals surface area contributed by atoms with Gasteiger partial charge in [0.05, 0.1) is 5.25 Å². The summed E-state index contributed by atoms with van der Waals surface area (Å²) >= 11 is 2.77. The Morgan fingerprint density at radius 3 is 2.52 bits per heavy atom. The third-order valence-corrected chi connectivity index (χ3v) is 6.25. The number of hydrogen-bond acceptors (Lipinski definition) is 6. The standard InChI is InChI=1S/C18H21N3O2S2/c1-4-13-5-7-14(8-6-13)16(23)11(2)24-18-20-19-17(25-18)21(12(3)22)15-9-10-15/h5-8,11,15H,4,9-10H2,1-3H3. The minimum Gasteiger partial charge on any atom is -0.293 e. The van der Waals surface area contributed by atoms with Crippen LogP contribution < -0.4 is 4.90 Å². The van der Waals surface area contributed by atoms with Gasteiger partial charge in [-0.15, -0.1) is 10.2 Å². The van der Waals surface area contributed by atoms with E-state index in [0.29, 0.717) is 15.0 Å². The molecule has 0 bridgehead atoms. The number of carbonyl (C=O) groups is 2. The number of aromatic nitrogens is 2. The maximum Gasteiger partial charge on any atom is 0.225 e. The summed E-state index contributed by atoms with van der Waals surface area (Å²) in [5.41, 5.74) is 1.93. The molecule has 1 amide bonds. The summed E-state index contributed by atoms with van der Waals surface area (Å²) in [6, 6.07) is 8.02. The first-order valence-corrected chi connectivity index (χ1v) is 10.1. The molecule has 2 aromatic rings. The molecule has 0 saturated heterocycles. The van der Waals surface area contributed by atoms with Crippen LogP contribution in [0.2, 0.25) is 0 Å². The molecule has 1 aliphatic rings. The third kappa shape index (κ3) is 4.27. The molecule has 1 aromatic heterocycles. The summed E-state index contributed by atoms with van der Waals surface area (Å²) in [6.45, 7) is 5.53. The number of Topliss-reactive ketones (excluding diaryl/α,β-unsaturated/α-hetero) is 1. The second-order valence-corrected chi connectivity index (χ2v) is 8.69. The van der Waals surface area contributed by atoms with Crippen molar-refractivity contribution < 1.29 is 9.59 Å². The van der Waals surface area contributed by atoms with Gasteiger partial charge in [-0.3, -0.25) is 14.5 Å². The van der Waals surface area contributed by atoms with E-state index in [1.807, 2.05) is 31.2 Å². The van der Waals surface area contributed by atoms with Crippen molar-refractivity contribution in [2.75, 3.05) is 4.90 Å². The van der Waals surface area contributed by atoms with Crippen LogP contribution >= 0.6 is 23.1 Å². The first kappa shape index (κ1) is 18.1. The molecule has 132 valence electrons. The molecule has 25 heavy (non-hydrogen) atoms. The van der Waals surface area contributed by atoms with Crippen LogP contribution in [-0.4, -0.2) is 33.2 Å². The van der Waals surface area contributed by atoms with E-state index in [9.17, 15) is 9.59 Å². The van der Waals surface area contributed by atoms with Gasteiger partial charge in [-0.05, 0) is 31.7 Å². The van der Waals surface area contributed by atoms with Crippen LogP contribution in [0.5, 0.6) is 0 Å². The average Bonchev–Trinajstić information content (AvgIpc) is 3.33. The van der Waals surface area contributed by atoms with E-state index in [2.05, 4.69) is 17.1 Å². The predicted molar refractivity (Wildman–Crippen MR) is 102 cm³/mol. The van der Waals surface area contributed by atoms with E-state index in [1.54, 1.807) is 11.8 Å². The Morgan fingerprint density at radius 1 is 1.28 bits per heavy atom. The van der Waals surface area contributed by atoms with Gasteiger partial charge in [0.15, 0.2) is 10.1 Å². The molecule has 0 spiro atoms. The van der Waals surface area contributed by atoms with Crippen LogP contribution in [0, 0.1) is 0 Å². The van der Waals surface area contributed by atoms with E-state index in [-0.39, 0.29) is 23.0 Å². The van der Waals surface area contributed by atoms with Crippen LogP contribution in [0.1, 0.15) is 49.5 Å². The zero-order valence-electron chi connectivity index (χ0n) is 14.6. The Hall–Kier alpha value is -1.73. The lowest BCUT2D eigenvalue weighted by Gasteiger charge is -2.15. The predicted octanol–water partition coefficient (Wildman–Crippen LogP) is 3.98. The van der Waals surface area contributed by atoms with Crippen molar-refractivity contribution in [2.24, 2.45) is 0 Å². The largest absolute Gasteiger partial charge is 0.293 e. The first-order chi connectivity index (χ1) is 12.0. The number of thioether (sulfide) groups is 1. The molecule has 1 fully saturated rings. The molecule has 0 radical (unpaired) electrons. The van der Waals surface area contributed by atoms with E-state index in [1.165, 1.54) is 28.7 Å². The summed E-state index contributed by atoms with van der Waals surface area (Å²) in [5.74, 6) is 0.0744. The lowest BCUT2D eigenvalue weighted by molar-refractivity contribution is -0.116. The number of nitrogens with zero attached hydrogens (tertiary/aromatic N) is 3. The first-order valence-electron chi connectivity index (χ1n) is 8.42. The van der Waals surface area contributed by atoms with Crippen molar-refractivity contribution in [3.63, 3.8) is 0 Å². The van der Waals surface area contributed by atoms with Crippen molar-refractivity contribution in [3.8, 4) is 0 Å². The van der Waals surface area contributed by atoms with Gasteiger partial charge in [0.25, 0.3) is 0 Å². The van der Waals surface area contributed by atoms with Gasteiger partial charge >= 0.3 is 0 Å². The Kier molecular flexibility index (Phi) is 5.54. The number of carbonyl (C=O) groups excluding carboxylic acids is 2. The quantitative estimate of drug-likeness (QED) is 0.416. The van der Waals surface area contributed by atoms with Gasteiger partial charge in [-0.2, -0.15) is 0 Å². The summed E-state index contributed by atoms with van der Waals surface area (Å²) in [6.07, 6.45) is 2.99. The summed E-state index contributed by atoms with van der Waals surface area (Å²) < 4.78 is 0.716. The smallest absolute Gasteiger partial charge is 0.225 e. The average molecular weight is 376 g/mol. The van der Waals surface area contributed by atoms with Crippen molar-refractivity contribution >= 4 is 39.9 Å². The van der Waals surface area contributed by atoms with Gasteiger partial charge in [0, 0.05) is 18.5 Å². The van der Waals surface area contributed by atoms with Crippen LogP contribution in [0.15, 0.2) is 28.6 Å². The molecule has 0 aliphatic heterocycles. The Labute approximate surface area is 155 Å². The fourth-order valence-corrected chi connectivity index (χ4v) is 4.75. The molecule has 1 atom stereocenters. The maximum atomic E-state index is 12.6. The number of rotatable bonds is 7. The van der Waals surface area contributed by atoms with Crippen LogP contribution in [0.4, 0.5) is 5.13 Å². The van der Waals surface area contributed by atoms with E-state index in [0.717, 1.165) is 19.3 Å². The van der Waals surface area contributed by atoms with Crippen LogP contribution in [0.3, 0.4) is 0 Å². The van der Waals surface area contributed by atoms with Crippen molar-refractivity contribution in [1.82, 2.24) is 10.2 Å². The fourth-order valence-electron chi connectivity index (χ4n) is 2.57. The normalized spacial score (nSPS) is 15.0. The van der Waals surface area contributed by atoms with Crippen LogP contribution in [-0.2, 0) is 11.2 Å². The number of amides is 1. The molecule has 1 heterocycles. The lowest BCUT2D eigenvalue weighted by Crippen LogP contribution is -2.30. The molecular weight excluding hydrogens is 354 g/mol. The molecular formula is C18H21N3O2S2. The van der Waals surface area contributed by atoms with Crippen molar-refractivity contribution in [1.29, 1.82) is 0 Å². The summed E-state index contributed by atoms with van der Waals surface area (Å²) in [4.78, 5) is 26.1. The summed E-state index contributed by atoms with van der Waals surface area (Å²) in [7, 11) is 0. The molecule has 3 rings (SSSR count). The Bertz CT molecular complexity index is 769. The SMILES string of the molecule is CCc1ccc(C(=O)C(C)Sc2nnc(N(C(C)=O)C3CC3)s2)cc1.